The van der Waals surface area contributed by atoms with Gasteiger partial charge in [0.05, 0.1) is 0 Å². The average Bonchev–Trinajstić information content (AvgIpc) is 2.52. The largest absolute Gasteiger partial charge is 0.314 e. The molecule has 0 radical (unpaired) electrons. The molecule has 1 N–H and O–H groups in total. The molecule has 0 amide bonds. The Bertz CT molecular complexity index is 123. The molecule has 0 saturated carbocycles. The summed E-state index contributed by atoms with van der Waals surface area (Å²) in [6.07, 6.45) is 1.37. The Morgan fingerprint density at radius 1 is 1.46 bits per heavy atom. The van der Waals surface area contributed by atoms with Gasteiger partial charge in [0, 0.05) is 12.6 Å². The van der Waals surface area contributed by atoms with Gasteiger partial charge in [-0.3, -0.25) is 0 Å². The lowest BCUT2D eigenvalue weighted by Crippen LogP contribution is -2.30. The Labute approximate surface area is 83.0 Å². The van der Waals surface area contributed by atoms with E-state index in [2.05, 4.69) is 44.3 Å². The molecule has 0 aromatic rings. The van der Waals surface area contributed by atoms with Crippen LogP contribution in [0.25, 0.3) is 0 Å². The molecular weight excluding hydrogens is 160 g/mol. The zero-order valence-corrected chi connectivity index (χ0v) is 9.34. The van der Waals surface area contributed by atoms with Crippen molar-refractivity contribution in [2.24, 2.45) is 5.92 Å². The van der Waals surface area contributed by atoms with Crippen molar-refractivity contribution in [2.45, 2.75) is 26.3 Å². The fraction of sp³-hybridized carbons (Fsp3) is 0.818. The molecule has 2 heteroatoms. The molecule has 1 unspecified atom stereocenters. The summed E-state index contributed by atoms with van der Waals surface area (Å²) < 4.78 is 0. The second-order valence-corrected chi connectivity index (χ2v) is 3.98. The first-order valence-electron chi connectivity index (χ1n) is 5.10. The van der Waals surface area contributed by atoms with E-state index < -0.39 is 0 Å². The molecule has 1 aliphatic rings. The highest BCUT2D eigenvalue weighted by atomic mass is 15.1. The molecule has 0 aromatic heterocycles. The lowest BCUT2D eigenvalue weighted by Gasteiger charge is -2.13. The lowest BCUT2D eigenvalue weighted by atomic mass is 10.1. The van der Waals surface area contributed by atoms with E-state index in [1.54, 1.807) is 0 Å². The zero-order chi connectivity index (χ0) is 10.3. The van der Waals surface area contributed by atoms with Gasteiger partial charge in [-0.05, 0) is 32.5 Å². The predicted octanol–water partition coefficient (Wildman–Crippen LogP) is 1.74. The second-order valence-electron chi connectivity index (χ2n) is 3.98. The second kappa shape index (κ2) is 7.10. The smallest absolute Gasteiger partial charge is 0.00192 e. The van der Waals surface area contributed by atoms with Gasteiger partial charge >= 0.3 is 0 Å². The zero-order valence-electron chi connectivity index (χ0n) is 9.34. The molecule has 0 spiro atoms. The lowest BCUT2D eigenvalue weighted by molar-refractivity contribution is 0.383. The number of hydrogen-bond acceptors (Lipinski definition) is 2. The van der Waals surface area contributed by atoms with E-state index in [0.717, 1.165) is 5.92 Å². The predicted molar refractivity (Wildman–Crippen MR) is 60.0 cm³/mol. The van der Waals surface area contributed by atoms with Gasteiger partial charge in [-0.15, -0.1) is 13.2 Å². The first kappa shape index (κ1) is 12.7. The van der Waals surface area contributed by atoms with Crippen LogP contribution in [0.5, 0.6) is 0 Å². The van der Waals surface area contributed by atoms with Crippen molar-refractivity contribution in [1.29, 1.82) is 0 Å². The topological polar surface area (TPSA) is 15.3 Å². The van der Waals surface area contributed by atoms with Crippen LogP contribution in [0.1, 0.15) is 20.3 Å². The third-order valence-electron chi connectivity index (χ3n) is 2.30. The van der Waals surface area contributed by atoms with Gasteiger partial charge in [-0.2, -0.15) is 0 Å². The van der Waals surface area contributed by atoms with Crippen molar-refractivity contribution >= 4 is 0 Å². The van der Waals surface area contributed by atoms with Gasteiger partial charge in [-0.25, -0.2) is 0 Å². The Balaban J connectivity index is 0.000000671. The van der Waals surface area contributed by atoms with Crippen molar-refractivity contribution in [2.75, 3.05) is 26.7 Å². The Kier molecular flexibility index (Phi) is 6.92. The normalized spacial score (nSPS) is 22.9. The maximum Gasteiger partial charge on any atom is 0.00192 e. The van der Waals surface area contributed by atoms with Gasteiger partial charge < -0.3 is 10.2 Å². The summed E-state index contributed by atoms with van der Waals surface area (Å²) in [5, 5.41) is 3.48. The van der Waals surface area contributed by atoms with E-state index in [9.17, 15) is 0 Å². The number of nitrogens with one attached hydrogen (secondary N) is 1. The number of rotatable bonds is 3. The highest BCUT2D eigenvalue weighted by molar-refractivity contribution is 4.75. The summed E-state index contributed by atoms with van der Waals surface area (Å²) >= 11 is 0. The van der Waals surface area contributed by atoms with E-state index in [1.807, 2.05) is 0 Å². The molecule has 1 rings (SSSR count). The van der Waals surface area contributed by atoms with Gasteiger partial charge in [0.2, 0.25) is 0 Å². The van der Waals surface area contributed by atoms with E-state index in [0.29, 0.717) is 6.04 Å². The molecule has 2 nitrogen and oxygen atoms in total. The van der Waals surface area contributed by atoms with E-state index in [1.165, 1.54) is 26.1 Å². The van der Waals surface area contributed by atoms with E-state index >= 15 is 0 Å². The highest BCUT2D eigenvalue weighted by Crippen LogP contribution is 2.12. The van der Waals surface area contributed by atoms with Crippen molar-refractivity contribution in [3.8, 4) is 0 Å². The molecular formula is C11H24N2. The Morgan fingerprint density at radius 3 is 2.46 bits per heavy atom. The van der Waals surface area contributed by atoms with Crippen LogP contribution in [0.2, 0.25) is 0 Å². The SMILES string of the molecule is C=C.CC(C)NCC1CCN(C)C1. The van der Waals surface area contributed by atoms with Crippen molar-refractivity contribution in [3.05, 3.63) is 13.2 Å². The van der Waals surface area contributed by atoms with E-state index in [-0.39, 0.29) is 0 Å². The fourth-order valence-corrected chi connectivity index (χ4v) is 1.60. The number of nitrogens with zero attached hydrogens (tertiary/aromatic N) is 1. The summed E-state index contributed by atoms with van der Waals surface area (Å²) in [7, 11) is 2.20. The summed E-state index contributed by atoms with van der Waals surface area (Å²) in [6.45, 7) is 14.2. The first-order valence-corrected chi connectivity index (χ1v) is 5.10. The van der Waals surface area contributed by atoms with Crippen LogP contribution in [0.3, 0.4) is 0 Å². The average molecular weight is 184 g/mol. The standard InChI is InChI=1S/C9H20N2.C2H4/c1-8(2)10-6-9-4-5-11(3)7-9;1-2/h8-10H,4-7H2,1-3H3;1-2H2. The van der Waals surface area contributed by atoms with Crippen molar-refractivity contribution < 1.29 is 0 Å². The van der Waals surface area contributed by atoms with Crippen LogP contribution >= 0.6 is 0 Å². The summed E-state index contributed by atoms with van der Waals surface area (Å²) in [5.41, 5.74) is 0. The quantitative estimate of drug-likeness (QED) is 0.672. The minimum Gasteiger partial charge on any atom is -0.314 e. The molecule has 1 saturated heterocycles. The summed E-state index contributed by atoms with van der Waals surface area (Å²) in [6, 6.07) is 0.640. The van der Waals surface area contributed by atoms with Crippen LogP contribution in [-0.4, -0.2) is 37.6 Å². The molecule has 1 aliphatic heterocycles. The molecule has 1 heterocycles. The number of likely N-dealkylation sites (tertiary alicyclic amines) is 1. The van der Waals surface area contributed by atoms with E-state index in [4.69, 9.17) is 0 Å². The third-order valence-corrected chi connectivity index (χ3v) is 2.30. The van der Waals surface area contributed by atoms with Crippen LogP contribution in [0.15, 0.2) is 13.2 Å². The van der Waals surface area contributed by atoms with Crippen LogP contribution < -0.4 is 5.32 Å². The minimum absolute atomic E-state index is 0.640. The molecule has 1 fully saturated rings. The summed E-state index contributed by atoms with van der Waals surface area (Å²) in [5.74, 6) is 0.891. The molecule has 78 valence electrons. The monoisotopic (exact) mass is 184 g/mol. The number of hydrogen-bond donors (Lipinski definition) is 1. The first-order chi connectivity index (χ1) is 6.18. The Morgan fingerprint density at radius 2 is 2.08 bits per heavy atom. The summed E-state index contributed by atoms with van der Waals surface area (Å²) in [4.78, 5) is 2.41. The highest BCUT2D eigenvalue weighted by Gasteiger charge is 2.18. The van der Waals surface area contributed by atoms with Crippen LogP contribution in [0.4, 0.5) is 0 Å². The minimum atomic E-state index is 0.640. The maximum absolute atomic E-state index is 3.48. The fourth-order valence-electron chi connectivity index (χ4n) is 1.60. The molecule has 0 aliphatic carbocycles. The van der Waals surface area contributed by atoms with Gasteiger partial charge in [-0.1, -0.05) is 13.8 Å². The molecule has 0 bridgehead atoms. The van der Waals surface area contributed by atoms with Gasteiger partial charge in [0.15, 0.2) is 0 Å². The molecule has 1 atom stereocenters. The van der Waals surface area contributed by atoms with Gasteiger partial charge in [0.1, 0.15) is 0 Å². The van der Waals surface area contributed by atoms with Crippen LogP contribution in [-0.2, 0) is 0 Å². The Hall–Kier alpha value is -0.340. The maximum atomic E-state index is 3.48. The third kappa shape index (κ3) is 5.83. The van der Waals surface area contributed by atoms with Gasteiger partial charge in [0.25, 0.3) is 0 Å². The molecule has 0 aromatic carbocycles. The molecule has 13 heavy (non-hydrogen) atoms. The van der Waals surface area contributed by atoms with Crippen molar-refractivity contribution in [1.82, 2.24) is 10.2 Å². The van der Waals surface area contributed by atoms with Crippen molar-refractivity contribution in [3.63, 3.8) is 0 Å². The van der Waals surface area contributed by atoms with Crippen LogP contribution in [0, 0.1) is 5.92 Å².